The van der Waals surface area contributed by atoms with Crippen LogP contribution in [0.3, 0.4) is 0 Å². The van der Waals surface area contributed by atoms with Crippen molar-refractivity contribution < 1.29 is 9.59 Å². The van der Waals surface area contributed by atoms with E-state index in [2.05, 4.69) is 22.8 Å². The molecule has 0 spiro atoms. The molecule has 0 saturated heterocycles. The second kappa shape index (κ2) is 9.34. The monoisotopic (exact) mass is 454 g/mol. The normalized spacial score (nSPS) is 12.7. The zero-order chi connectivity index (χ0) is 22.6. The first-order chi connectivity index (χ1) is 16.2. The van der Waals surface area contributed by atoms with Gasteiger partial charge >= 0.3 is 0 Å². The van der Waals surface area contributed by atoms with E-state index in [0.717, 1.165) is 27.3 Å². The van der Waals surface area contributed by atoms with Gasteiger partial charge in [-0.15, -0.1) is 11.8 Å². The lowest BCUT2D eigenvalue weighted by molar-refractivity contribution is -0.113. The molecule has 5 rings (SSSR count). The molecule has 2 N–H and O–H groups in total. The maximum absolute atomic E-state index is 12.9. The first-order valence-corrected chi connectivity index (χ1v) is 11.6. The van der Waals surface area contributed by atoms with Crippen LogP contribution in [-0.4, -0.2) is 27.3 Å². The molecule has 2 heterocycles. The highest BCUT2D eigenvalue weighted by molar-refractivity contribution is 8.00. The summed E-state index contributed by atoms with van der Waals surface area (Å²) in [6, 6.07) is 25.5. The van der Waals surface area contributed by atoms with Crippen molar-refractivity contribution in [2.75, 3.05) is 11.1 Å². The molecule has 1 aliphatic rings. The van der Waals surface area contributed by atoms with E-state index in [4.69, 9.17) is 5.10 Å². The van der Waals surface area contributed by atoms with Crippen LogP contribution in [0.5, 0.6) is 0 Å². The number of anilines is 1. The number of nitrogens with zero attached hydrogens (tertiary/aromatic N) is 2. The predicted molar refractivity (Wildman–Crippen MR) is 130 cm³/mol. The Labute approximate surface area is 196 Å². The molecule has 1 aromatic heterocycles. The van der Waals surface area contributed by atoms with Gasteiger partial charge in [0, 0.05) is 34.3 Å². The van der Waals surface area contributed by atoms with Crippen LogP contribution in [0.25, 0.3) is 11.3 Å². The molecule has 0 radical (unpaired) electrons. The summed E-state index contributed by atoms with van der Waals surface area (Å²) in [5.74, 6) is 0.147. The molecule has 0 saturated carbocycles. The van der Waals surface area contributed by atoms with Gasteiger partial charge in [0.15, 0.2) is 0 Å². The van der Waals surface area contributed by atoms with Crippen LogP contribution in [0.4, 0.5) is 5.69 Å². The maximum Gasteiger partial charge on any atom is 0.251 e. The zero-order valence-corrected chi connectivity index (χ0v) is 18.6. The molecule has 2 amide bonds. The summed E-state index contributed by atoms with van der Waals surface area (Å²) in [6.07, 6.45) is 1.99. The highest BCUT2D eigenvalue weighted by Gasteiger charge is 2.18. The van der Waals surface area contributed by atoms with Crippen LogP contribution in [-0.2, 0) is 17.9 Å². The average molecular weight is 455 g/mol. The Balaban J connectivity index is 1.36. The van der Waals surface area contributed by atoms with Crippen LogP contribution in [0.1, 0.15) is 21.5 Å². The zero-order valence-electron chi connectivity index (χ0n) is 17.8. The van der Waals surface area contributed by atoms with E-state index in [9.17, 15) is 9.59 Å². The molecular formula is C26H22N4O2S. The fourth-order valence-corrected chi connectivity index (χ4v) is 4.57. The Hall–Kier alpha value is -3.84. The van der Waals surface area contributed by atoms with Gasteiger partial charge in [-0.1, -0.05) is 60.7 Å². The van der Waals surface area contributed by atoms with Gasteiger partial charge in [-0.3, -0.25) is 14.3 Å². The highest BCUT2D eigenvalue weighted by Crippen LogP contribution is 2.32. The molecule has 3 aromatic carbocycles. The van der Waals surface area contributed by atoms with Gasteiger partial charge in [0.1, 0.15) is 0 Å². The summed E-state index contributed by atoms with van der Waals surface area (Å²) in [4.78, 5) is 25.5. The molecule has 0 unspecified atom stereocenters. The minimum Gasteiger partial charge on any atom is -0.348 e. The summed E-state index contributed by atoms with van der Waals surface area (Å²) in [5, 5.41) is 10.6. The fraction of sp³-hybridized carbons (Fsp3) is 0.115. The molecule has 164 valence electrons. The molecule has 7 heteroatoms. The van der Waals surface area contributed by atoms with E-state index >= 15 is 0 Å². The number of thioether (sulfide) groups is 1. The van der Waals surface area contributed by atoms with Gasteiger partial charge < -0.3 is 10.6 Å². The molecule has 1 aliphatic heterocycles. The van der Waals surface area contributed by atoms with Gasteiger partial charge in [-0.25, -0.2) is 0 Å². The number of benzene rings is 3. The topological polar surface area (TPSA) is 76.0 Å². The van der Waals surface area contributed by atoms with Crippen molar-refractivity contribution in [3.8, 4) is 11.3 Å². The average Bonchev–Trinajstić information content (AvgIpc) is 3.25. The number of aromatic nitrogens is 2. The Bertz CT molecular complexity index is 1300. The van der Waals surface area contributed by atoms with E-state index in [1.165, 1.54) is 11.8 Å². The number of amides is 2. The highest BCUT2D eigenvalue weighted by atomic mass is 32.2. The van der Waals surface area contributed by atoms with Crippen molar-refractivity contribution in [1.29, 1.82) is 0 Å². The number of nitrogens with one attached hydrogen (secondary N) is 2. The van der Waals surface area contributed by atoms with Crippen LogP contribution < -0.4 is 10.6 Å². The lowest BCUT2D eigenvalue weighted by atomic mass is 10.1. The minimum atomic E-state index is -0.197. The van der Waals surface area contributed by atoms with Crippen molar-refractivity contribution in [1.82, 2.24) is 15.1 Å². The van der Waals surface area contributed by atoms with E-state index in [0.29, 0.717) is 30.1 Å². The SMILES string of the molecule is O=C1CSc2ccc(C(=O)NCc3cn(Cc4ccccc4)nc3-c3ccccc3)cc2N1. The fourth-order valence-electron chi connectivity index (χ4n) is 3.78. The Morgan fingerprint density at radius 1 is 1.03 bits per heavy atom. The summed E-state index contributed by atoms with van der Waals surface area (Å²) >= 11 is 1.48. The largest absolute Gasteiger partial charge is 0.348 e. The third-order valence-corrected chi connectivity index (χ3v) is 6.46. The Morgan fingerprint density at radius 3 is 2.58 bits per heavy atom. The molecule has 0 fully saturated rings. The van der Waals surface area contributed by atoms with Crippen molar-refractivity contribution in [3.63, 3.8) is 0 Å². The summed E-state index contributed by atoms with van der Waals surface area (Å²) in [5.41, 5.74) is 5.14. The van der Waals surface area contributed by atoms with E-state index in [1.54, 1.807) is 12.1 Å². The molecule has 0 bridgehead atoms. The molecule has 4 aromatic rings. The van der Waals surface area contributed by atoms with E-state index in [1.807, 2.05) is 65.5 Å². The second-order valence-electron chi connectivity index (χ2n) is 7.78. The lowest BCUT2D eigenvalue weighted by Crippen LogP contribution is -2.24. The van der Waals surface area contributed by atoms with Crippen molar-refractivity contribution in [2.24, 2.45) is 0 Å². The first-order valence-electron chi connectivity index (χ1n) is 10.7. The van der Waals surface area contributed by atoms with E-state index < -0.39 is 0 Å². The third kappa shape index (κ3) is 4.83. The van der Waals surface area contributed by atoms with Crippen LogP contribution >= 0.6 is 11.8 Å². The number of rotatable bonds is 6. The number of carbonyl (C=O) groups is 2. The summed E-state index contributed by atoms with van der Waals surface area (Å²) < 4.78 is 1.91. The number of carbonyl (C=O) groups excluding carboxylic acids is 2. The van der Waals surface area contributed by atoms with Gasteiger partial charge in [-0.2, -0.15) is 5.10 Å². The van der Waals surface area contributed by atoms with Gasteiger partial charge in [-0.05, 0) is 23.8 Å². The second-order valence-corrected chi connectivity index (χ2v) is 8.80. The van der Waals surface area contributed by atoms with Crippen LogP contribution in [0.2, 0.25) is 0 Å². The van der Waals surface area contributed by atoms with Gasteiger partial charge in [0.05, 0.1) is 23.7 Å². The lowest BCUT2D eigenvalue weighted by Gasteiger charge is -2.17. The minimum absolute atomic E-state index is 0.0524. The number of fused-ring (bicyclic) bond motifs is 1. The van der Waals surface area contributed by atoms with E-state index in [-0.39, 0.29) is 11.8 Å². The Morgan fingerprint density at radius 2 is 1.79 bits per heavy atom. The summed E-state index contributed by atoms with van der Waals surface area (Å²) in [7, 11) is 0. The number of hydrogen-bond donors (Lipinski definition) is 2. The van der Waals surface area contributed by atoms with Crippen molar-refractivity contribution in [2.45, 2.75) is 18.0 Å². The smallest absolute Gasteiger partial charge is 0.251 e. The quantitative estimate of drug-likeness (QED) is 0.447. The Kier molecular flexibility index (Phi) is 5.95. The molecule has 33 heavy (non-hydrogen) atoms. The number of hydrogen-bond acceptors (Lipinski definition) is 4. The maximum atomic E-state index is 12.9. The van der Waals surface area contributed by atoms with Crippen molar-refractivity contribution in [3.05, 3.63) is 102 Å². The first kappa shape index (κ1) is 21.0. The predicted octanol–water partition coefficient (Wildman–Crippen LogP) is 4.57. The molecule has 0 aliphatic carbocycles. The van der Waals surface area contributed by atoms with Gasteiger partial charge in [0.25, 0.3) is 5.91 Å². The van der Waals surface area contributed by atoms with Crippen LogP contribution in [0.15, 0.2) is 90.0 Å². The third-order valence-electron chi connectivity index (χ3n) is 5.39. The standard InChI is InChI=1S/C26H22N4O2S/c31-24-17-33-23-12-11-20(13-22(23)28-24)26(32)27-14-21-16-30(15-18-7-3-1-4-8-18)29-25(21)19-9-5-2-6-10-19/h1-13,16H,14-15,17H2,(H,27,32)(H,28,31). The molecule has 0 atom stereocenters. The molecular weight excluding hydrogens is 432 g/mol. The van der Waals surface area contributed by atoms with Crippen molar-refractivity contribution >= 4 is 29.3 Å². The van der Waals surface area contributed by atoms with Gasteiger partial charge in [0.2, 0.25) is 5.91 Å². The molecule has 6 nitrogen and oxygen atoms in total. The van der Waals surface area contributed by atoms with Crippen LogP contribution in [0, 0.1) is 0 Å². The summed E-state index contributed by atoms with van der Waals surface area (Å²) in [6.45, 7) is 0.993.